The lowest BCUT2D eigenvalue weighted by atomic mass is 10.1. The highest BCUT2D eigenvalue weighted by atomic mass is 16.2. The number of amides is 4. The third kappa shape index (κ3) is 4.44. The molecule has 27 heavy (non-hydrogen) atoms. The second-order valence-corrected chi connectivity index (χ2v) is 6.44. The van der Waals surface area contributed by atoms with E-state index in [1.807, 2.05) is 24.3 Å². The SMILES string of the molecule is CC(=O)N1CCc2cc(NC(C)C(=O)NC(=O)Nc3ccccc3)ccc21. The highest BCUT2D eigenvalue weighted by Crippen LogP contribution is 2.30. The first kappa shape index (κ1) is 18.4. The van der Waals surface area contributed by atoms with E-state index >= 15 is 0 Å². The van der Waals surface area contributed by atoms with Crippen LogP contribution in [0.5, 0.6) is 0 Å². The predicted octanol–water partition coefficient (Wildman–Crippen LogP) is 2.74. The van der Waals surface area contributed by atoms with Crippen LogP contribution in [0.25, 0.3) is 0 Å². The third-order valence-electron chi connectivity index (χ3n) is 4.40. The molecule has 2 aromatic rings. The number of carbonyl (C=O) groups is 3. The number of nitrogens with zero attached hydrogens (tertiary/aromatic N) is 1. The standard InChI is InChI=1S/C20H22N4O3/c1-13(19(26)23-20(27)22-16-6-4-3-5-7-16)21-17-8-9-18-15(12-17)10-11-24(18)14(2)25/h3-9,12-13,21H,10-11H2,1-2H3,(H2,22,23,26,27). The van der Waals surface area contributed by atoms with Crippen molar-refractivity contribution < 1.29 is 14.4 Å². The normalized spacial score (nSPS) is 13.5. The van der Waals surface area contributed by atoms with Crippen molar-refractivity contribution in [2.45, 2.75) is 26.3 Å². The van der Waals surface area contributed by atoms with Crippen LogP contribution in [0.4, 0.5) is 21.9 Å². The van der Waals surface area contributed by atoms with Gasteiger partial charge in [0, 0.05) is 30.5 Å². The zero-order valence-corrected chi connectivity index (χ0v) is 15.3. The minimum atomic E-state index is -0.602. The Labute approximate surface area is 157 Å². The van der Waals surface area contributed by atoms with Gasteiger partial charge in [0.25, 0.3) is 0 Å². The Morgan fingerprint density at radius 1 is 1.04 bits per heavy atom. The van der Waals surface area contributed by atoms with E-state index in [0.717, 1.165) is 23.4 Å². The lowest BCUT2D eigenvalue weighted by molar-refractivity contribution is -0.120. The van der Waals surface area contributed by atoms with Crippen molar-refractivity contribution in [2.24, 2.45) is 0 Å². The van der Waals surface area contributed by atoms with Crippen LogP contribution in [0, 0.1) is 0 Å². The first-order chi connectivity index (χ1) is 12.9. The van der Waals surface area contributed by atoms with E-state index in [1.54, 1.807) is 43.0 Å². The molecule has 3 rings (SSSR count). The first-order valence-corrected chi connectivity index (χ1v) is 8.78. The van der Waals surface area contributed by atoms with Gasteiger partial charge in [-0.15, -0.1) is 0 Å². The zero-order chi connectivity index (χ0) is 19.4. The molecule has 0 radical (unpaired) electrons. The highest BCUT2D eigenvalue weighted by molar-refractivity contribution is 6.03. The van der Waals surface area contributed by atoms with E-state index in [9.17, 15) is 14.4 Å². The molecule has 1 heterocycles. The molecule has 0 bridgehead atoms. The Balaban J connectivity index is 1.57. The highest BCUT2D eigenvalue weighted by Gasteiger charge is 2.23. The fourth-order valence-electron chi connectivity index (χ4n) is 3.04. The number of urea groups is 1. The van der Waals surface area contributed by atoms with Crippen LogP contribution in [0.15, 0.2) is 48.5 Å². The van der Waals surface area contributed by atoms with E-state index in [-0.39, 0.29) is 5.91 Å². The number of carbonyl (C=O) groups excluding carboxylic acids is 3. The van der Waals surface area contributed by atoms with Gasteiger partial charge in [-0.2, -0.15) is 0 Å². The van der Waals surface area contributed by atoms with Crippen molar-refractivity contribution in [3.05, 3.63) is 54.1 Å². The molecule has 7 nitrogen and oxygen atoms in total. The largest absolute Gasteiger partial charge is 0.374 e. The number of fused-ring (bicyclic) bond motifs is 1. The number of nitrogens with one attached hydrogen (secondary N) is 3. The Morgan fingerprint density at radius 2 is 1.78 bits per heavy atom. The van der Waals surface area contributed by atoms with Gasteiger partial charge in [-0.25, -0.2) is 4.79 Å². The summed E-state index contributed by atoms with van der Waals surface area (Å²) in [7, 11) is 0. The molecule has 1 aliphatic rings. The number of imide groups is 1. The zero-order valence-electron chi connectivity index (χ0n) is 15.3. The number of anilines is 3. The Morgan fingerprint density at radius 3 is 2.48 bits per heavy atom. The van der Waals surface area contributed by atoms with Crippen LogP contribution in [0.1, 0.15) is 19.4 Å². The number of para-hydroxylation sites is 1. The fourth-order valence-corrected chi connectivity index (χ4v) is 3.04. The van der Waals surface area contributed by atoms with Gasteiger partial charge in [0.15, 0.2) is 0 Å². The van der Waals surface area contributed by atoms with E-state index in [0.29, 0.717) is 12.2 Å². The summed E-state index contributed by atoms with van der Waals surface area (Å²) in [5, 5.41) is 8.01. The molecule has 140 valence electrons. The molecule has 0 spiro atoms. The van der Waals surface area contributed by atoms with Gasteiger partial charge in [-0.3, -0.25) is 14.9 Å². The Kier molecular flexibility index (Phi) is 5.40. The van der Waals surface area contributed by atoms with Gasteiger partial charge in [0.2, 0.25) is 11.8 Å². The molecule has 1 aliphatic heterocycles. The van der Waals surface area contributed by atoms with E-state index in [1.165, 1.54) is 0 Å². The second kappa shape index (κ2) is 7.90. The summed E-state index contributed by atoms with van der Waals surface area (Å²) in [6.45, 7) is 3.90. The van der Waals surface area contributed by atoms with Crippen LogP contribution in [0.3, 0.4) is 0 Å². The molecular weight excluding hydrogens is 344 g/mol. The van der Waals surface area contributed by atoms with Gasteiger partial charge in [0.1, 0.15) is 6.04 Å². The summed E-state index contributed by atoms with van der Waals surface area (Å²) < 4.78 is 0. The quantitative estimate of drug-likeness (QED) is 0.776. The molecule has 4 amide bonds. The van der Waals surface area contributed by atoms with Crippen LogP contribution >= 0.6 is 0 Å². The number of benzene rings is 2. The van der Waals surface area contributed by atoms with E-state index in [2.05, 4.69) is 16.0 Å². The maximum atomic E-state index is 12.2. The Hall–Kier alpha value is -3.35. The van der Waals surface area contributed by atoms with Gasteiger partial charge in [0.05, 0.1) is 0 Å². The van der Waals surface area contributed by atoms with Gasteiger partial charge in [-0.1, -0.05) is 18.2 Å². The monoisotopic (exact) mass is 366 g/mol. The van der Waals surface area contributed by atoms with Gasteiger partial charge >= 0.3 is 6.03 Å². The van der Waals surface area contributed by atoms with E-state index in [4.69, 9.17) is 0 Å². The minimum absolute atomic E-state index is 0.0200. The molecule has 7 heteroatoms. The molecule has 1 atom stereocenters. The van der Waals surface area contributed by atoms with Crippen molar-refractivity contribution in [3.63, 3.8) is 0 Å². The summed E-state index contributed by atoms with van der Waals surface area (Å²) in [5.74, 6) is -0.416. The lowest BCUT2D eigenvalue weighted by Crippen LogP contribution is -2.42. The molecular formula is C20H22N4O3. The molecule has 0 aliphatic carbocycles. The minimum Gasteiger partial charge on any atom is -0.374 e. The van der Waals surface area contributed by atoms with Crippen LogP contribution in [-0.4, -0.2) is 30.4 Å². The Bertz CT molecular complexity index is 867. The van der Waals surface area contributed by atoms with Crippen molar-refractivity contribution in [1.29, 1.82) is 0 Å². The molecule has 1 unspecified atom stereocenters. The van der Waals surface area contributed by atoms with Crippen molar-refractivity contribution in [3.8, 4) is 0 Å². The number of hydrogen-bond donors (Lipinski definition) is 3. The summed E-state index contributed by atoms with van der Waals surface area (Å²) >= 11 is 0. The van der Waals surface area contributed by atoms with Crippen LogP contribution < -0.4 is 20.9 Å². The topological polar surface area (TPSA) is 90.5 Å². The van der Waals surface area contributed by atoms with Gasteiger partial charge in [-0.05, 0) is 49.2 Å². The van der Waals surface area contributed by atoms with Gasteiger partial charge < -0.3 is 15.5 Å². The summed E-state index contributed by atoms with van der Waals surface area (Å²) in [4.78, 5) is 37.5. The number of rotatable bonds is 4. The van der Waals surface area contributed by atoms with Crippen molar-refractivity contribution in [1.82, 2.24) is 5.32 Å². The van der Waals surface area contributed by atoms with E-state index < -0.39 is 18.0 Å². The van der Waals surface area contributed by atoms with Crippen LogP contribution in [0.2, 0.25) is 0 Å². The molecule has 2 aromatic carbocycles. The summed E-state index contributed by atoms with van der Waals surface area (Å²) in [6, 6.07) is 13.4. The maximum absolute atomic E-state index is 12.2. The molecule has 3 N–H and O–H groups in total. The summed E-state index contributed by atoms with van der Waals surface area (Å²) in [6.07, 6.45) is 0.782. The first-order valence-electron chi connectivity index (χ1n) is 8.78. The predicted molar refractivity (Wildman–Crippen MR) is 105 cm³/mol. The number of hydrogen-bond acceptors (Lipinski definition) is 4. The maximum Gasteiger partial charge on any atom is 0.325 e. The fraction of sp³-hybridized carbons (Fsp3) is 0.250. The average molecular weight is 366 g/mol. The van der Waals surface area contributed by atoms with Crippen LogP contribution in [-0.2, 0) is 16.0 Å². The molecule has 0 saturated carbocycles. The average Bonchev–Trinajstić information content (AvgIpc) is 3.05. The summed E-state index contributed by atoms with van der Waals surface area (Å²) in [5.41, 5.74) is 3.35. The third-order valence-corrected chi connectivity index (χ3v) is 4.40. The smallest absolute Gasteiger partial charge is 0.325 e. The molecule has 0 aromatic heterocycles. The molecule has 0 saturated heterocycles. The molecule has 0 fully saturated rings. The van der Waals surface area contributed by atoms with Crippen molar-refractivity contribution in [2.75, 3.05) is 22.1 Å². The second-order valence-electron chi connectivity index (χ2n) is 6.44. The van der Waals surface area contributed by atoms with Crippen molar-refractivity contribution >= 4 is 34.9 Å². The lowest BCUT2D eigenvalue weighted by Gasteiger charge is -2.17.